The first kappa shape index (κ1) is 25.7. The van der Waals surface area contributed by atoms with Crippen molar-refractivity contribution in [1.29, 1.82) is 0 Å². The van der Waals surface area contributed by atoms with E-state index in [1.54, 1.807) is 18.2 Å². The molecule has 1 aromatic heterocycles. The summed E-state index contributed by atoms with van der Waals surface area (Å²) >= 11 is 12.5. The first-order valence-corrected chi connectivity index (χ1v) is 12.5. The molecular weight excluding hydrogens is 497 g/mol. The van der Waals surface area contributed by atoms with Crippen molar-refractivity contribution in [3.8, 4) is 11.1 Å². The van der Waals surface area contributed by atoms with Crippen molar-refractivity contribution < 1.29 is 14.7 Å². The zero-order valence-corrected chi connectivity index (χ0v) is 21.6. The molecule has 8 heteroatoms. The maximum Gasteiger partial charge on any atom is 0.305 e. The predicted molar refractivity (Wildman–Crippen MR) is 144 cm³/mol. The van der Waals surface area contributed by atoms with Gasteiger partial charge in [0.1, 0.15) is 0 Å². The van der Waals surface area contributed by atoms with Gasteiger partial charge in [-0.05, 0) is 59.9 Å². The number of carbonyl (C=O) groups excluding carboxylic acids is 1. The number of carboxylic acids is 1. The van der Waals surface area contributed by atoms with Crippen molar-refractivity contribution in [3.05, 3.63) is 88.0 Å². The zero-order valence-electron chi connectivity index (χ0n) is 20.0. The second kappa shape index (κ2) is 11.1. The number of rotatable bonds is 9. The second-order valence-corrected chi connectivity index (χ2v) is 10.00. The Balaban J connectivity index is 1.62. The molecule has 0 aliphatic rings. The van der Waals surface area contributed by atoms with Gasteiger partial charge in [-0.2, -0.15) is 5.10 Å². The van der Waals surface area contributed by atoms with Gasteiger partial charge in [0.15, 0.2) is 0 Å². The maximum absolute atomic E-state index is 12.3. The Morgan fingerprint density at radius 2 is 1.78 bits per heavy atom. The van der Waals surface area contributed by atoms with Gasteiger partial charge < -0.3 is 10.4 Å². The van der Waals surface area contributed by atoms with Gasteiger partial charge in [0.2, 0.25) is 0 Å². The minimum atomic E-state index is -0.947. The van der Waals surface area contributed by atoms with E-state index in [-0.39, 0.29) is 24.9 Å². The molecule has 3 aromatic carbocycles. The summed E-state index contributed by atoms with van der Waals surface area (Å²) in [7, 11) is 0. The number of hydrogen-bond donors (Lipinski definition) is 2. The molecule has 0 aliphatic carbocycles. The Bertz CT molecular complexity index is 1400. The Morgan fingerprint density at radius 1 is 1.03 bits per heavy atom. The number of aliphatic carboxylic acids is 1. The van der Waals surface area contributed by atoms with E-state index in [0.717, 1.165) is 34.0 Å². The summed E-state index contributed by atoms with van der Waals surface area (Å²) in [5, 5.41) is 18.3. The van der Waals surface area contributed by atoms with Crippen molar-refractivity contribution >= 4 is 46.0 Å². The van der Waals surface area contributed by atoms with Crippen molar-refractivity contribution in [3.63, 3.8) is 0 Å². The Hall–Kier alpha value is -3.35. The van der Waals surface area contributed by atoms with Crippen LogP contribution in [0, 0.1) is 5.92 Å². The van der Waals surface area contributed by atoms with Crippen LogP contribution in [0.1, 0.15) is 48.7 Å². The average molecular weight is 524 g/mol. The lowest BCUT2D eigenvalue weighted by Crippen LogP contribution is -2.26. The van der Waals surface area contributed by atoms with E-state index < -0.39 is 5.97 Å². The topological polar surface area (TPSA) is 84.2 Å². The number of amides is 1. The summed E-state index contributed by atoms with van der Waals surface area (Å²) in [6.07, 6.45) is 2.62. The molecule has 1 heterocycles. The summed E-state index contributed by atoms with van der Waals surface area (Å²) in [6, 6.07) is 19.0. The fourth-order valence-electron chi connectivity index (χ4n) is 4.26. The third-order valence-corrected chi connectivity index (χ3v) is 6.56. The van der Waals surface area contributed by atoms with Gasteiger partial charge >= 0.3 is 5.97 Å². The third kappa shape index (κ3) is 5.89. The minimum absolute atomic E-state index is 0.0170. The van der Waals surface area contributed by atoms with Crippen molar-refractivity contribution in [2.24, 2.45) is 5.92 Å². The maximum atomic E-state index is 12.3. The van der Waals surface area contributed by atoms with E-state index in [9.17, 15) is 9.59 Å². The van der Waals surface area contributed by atoms with Gasteiger partial charge in [0.05, 0.1) is 24.2 Å². The van der Waals surface area contributed by atoms with Gasteiger partial charge in [-0.25, -0.2) is 0 Å². The number of aromatic nitrogens is 2. The first-order valence-electron chi connectivity index (χ1n) is 11.8. The SMILES string of the molecule is CC(C)CC(c1ccc(C(=O)NCCC(=O)O)cc1)n1ncc2cc(-c3ccc(Cl)cc3Cl)ccc21. The lowest BCUT2D eigenvalue weighted by molar-refractivity contribution is -0.136. The van der Waals surface area contributed by atoms with Crippen molar-refractivity contribution in [2.45, 2.75) is 32.7 Å². The molecule has 0 radical (unpaired) electrons. The molecule has 0 saturated carbocycles. The van der Waals surface area contributed by atoms with Gasteiger partial charge in [0.25, 0.3) is 5.91 Å². The van der Waals surface area contributed by atoms with Crippen LogP contribution >= 0.6 is 23.2 Å². The van der Waals surface area contributed by atoms with E-state index in [1.807, 2.05) is 41.2 Å². The number of nitrogens with one attached hydrogen (secondary N) is 1. The Kier molecular flexibility index (Phi) is 7.97. The van der Waals surface area contributed by atoms with E-state index in [2.05, 4.69) is 31.3 Å². The number of carbonyl (C=O) groups is 2. The van der Waals surface area contributed by atoms with Crippen molar-refractivity contribution in [2.75, 3.05) is 6.54 Å². The molecule has 0 bridgehead atoms. The number of halogens is 2. The third-order valence-electron chi connectivity index (χ3n) is 6.01. The van der Waals surface area contributed by atoms with Gasteiger partial charge in [-0.3, -0.25) is 14.3 Å². The number of fused-ring (bicyclic) bond motifs is 1. The molecule has 6 nitrogen and oxygen atoms in total. The number of carboxylic acid groups (broad SMARTS) is 1. The summed E-state index contributed by atoms with van der Waals surface area (Å²) in [5.41, 5.74) is 4.43. The van der Waals surface area contributed by atoms with Crippen molar-refractivity contribution in [1.82, 2.24) is 15.1 Å². The van der Waals surface area contributed by atoms with E-state index in [0.29, 0.717) is 21.5 Å². The van der Waals surface area contributed by atoms with E-state index >= 15 is 0 Å². The average Bonchev–Trinajstić information content (AvgIpc) is 3.25. The molecule has 0 aliphatic heterocycles. The Labute approximate surface area is 219 Å². The summed E-state index contributed by atoms with van der Waals surface area (Å²) < 4.78 is 2.03. The molecule has 1 amide bonds. The van der Waals surface area contributed by atoms with Crippen LogP contribution in [0.2, 0.25) is 10.0 Å². The monoisotopic (exact) mass is 523 g/mol. The Morgan fingerprint density at radius 3 is 2.44 bits per heavy atom. The van der Waals surface area contributed by atoms with Gasteiger partial charge in [-0.15, -0.1) is 0 Å². The van der Waals surface area contributed by atoms with Crippen LogP contribution in [0.4, 0.5) is 0 Å². The molecule has 0 spiro atoms. The molecule has 0 fully saturated rings. The van der Waals surface area contributed by atoms with Crippen LogP contribution < -0.4 is 5.32 Å². The standard InChI is InChI=1S/C28H27Cl2N3O3/c1-17(2)13-26(18-3-5-19(6-4-18)28(36)31-12-11-27(34)35)33-25-10-7-20(14-21(25)16-32-33)23-9-8-22(29)15-24(23)30/h3-10,14-17,26H,11-13H2,1-2H3,(H,31,36)(H,34,35). The first-order chi connectivity index (χ1) is 17.2. The fourth-order valence-corrected chi connectivity index (χ4v) is 4.78. The highest BCUT2D eigenvalue weighted by Gasteiger charge is 2.20. The largest absolute Gasteiger partial charge is 0.481 e. The molecule has 0 saturated heterocycles. The molecule has 4 rings (SSSR count). The molecule has 4 aromatic rings. The minimum Gasteiger partial charge on any atom is -0.481 e. The van der Waals surface area contributed by atoms with Gasteiger partial charge in [0, 0.05) is 33.1 Å². The highest BCUT2D eigenvalue weighted by molar-refractivity contribution is 6.36. The molecular formula is C28H27Cl2N3O3. The lowest BCUT2D eigenvalue weighted by atomic mass is 9.96. The smallest absolute Gasteiger partial charge is 0.305 e. The normalized spacial score (nSPS) is 12.1. The second-order valence-electron chi connectivity index (χ2n) is 9.15. The van der Waals surface area contributed by atoms with Crippen LogP contribution in [-0.4, -0.2) is 33.3 Å². The number of nitrogens with zero attached hydrogens (tertiary/aromatic N) is 2. The summed E-state index contributed by atoms with van der Waals surface area (Å²) in [5.74, 6) is -0.821. The zero-order chi connectivity index (χ0) is 25.8. The lowest BCUT2D eigenvalue weighted by Gasteiger charge is -2.21. The quantitative estimate of drug-likeness (QED) is 0.251. The summed E-state index contributed by atoms with van der Waals surface area (Å²) in [6.45, 7) is 4.43. The summed E-state index contributed by atoms with van der Waals surface area (Å²) in [4.78, 5) is 23.0. The molecule has 2 N–H and O–H groups in total. The van der Waals surface area contributed by atoms with E-state index in [1.165, 1.54) is 0 Å². The van der Waals surface area contributed by atoms with E-state index in [4.69, 9.17) is 33.4 Å². The highest BCUT2D eigenvalue weighted by atomic mass is 35.5. The number of hydrogen-bond acceptors (Lipinski definition) is 3. The molecule has 186 valence electrons. The van der Waals surface area contributed by atoms with Crippen LogP contribution in [0.25, 0.3) is 22.0 Å². The molecule has 36 heavy (non-hydrogen) atoms. The highest BCUT2D eigenvalue weighted by Crippen LogP contribution is 2.34. The van der Waals surface area contributed by atoms with Crippen LogP contribution in [0.15, 0.2) is 66.9 Å². The van der Waals surface area contributed by atoms with Crippen LogP contribution in [0.5, 0.6) is 0 Å². The van der Waals surface area contributed by atoms with Crippen LogP contribution in [0.3, 0.4) is 0 Å². The predicted octanol–water partition coefficient (Wildman–Crippen LogP) is 6.85. The molecule has 1 atom stereocenters. The van der Waals surface area contributed by atoms with Gasteiger partial charge in [-0.1, -0.05) is 61.3 Å². The molecule has 1 unspecified atom stereocenters. The number of benzene rings is 3. The van der Waals surface area contributed by atoms with Crippen LogP contribution in [-0.2, 0) is 4.79 Å². The fraction of sp³-hybridized carbons (Fsp3) is 0.250.